The van der Waals surface area contributed by atoms with Crippen molar-refractivity contribution in [2.75, 3.05) is 13.6 Å². The van der Waals surface area contributed by atoms with E-state index in [9.17, 15) is 9.59 Å². The lowest BCUT2D eigenvalue weighted by atomic mass is 9.94. The number of likely N-dealkylation sites (N-methyl/N-ethyl adjacent to an activating group) is 1. The Morgan fingerprint density at radius 3 is 2.78 bits per heavy atom. The van der Waals surface area contributed by atoms with Crippen molar-refractivity contribution < 1.29 is 9.59 Å². The van der Waals surface area contributed by atoms with Crippen molar-refractivity contribution in [2.24, 2.45) is 0 Å². The molecule has 1 unspecified atom stereocenters. The predicted octanol–water partition coefficient (Wildman–Crippen LogP) is 1.44. The maximum atomic E-state index is 12.6. The van der Waals surface area contributed by atoms with E-state index in [2.05, 4.69) is 10.3 Å². The third kappa shape index (κ3) is 3.39. The number of carbonyl (C=O) groups excluding carboxylic acids is 2. The lowest BCUT2D eigenvalue weighted by Gasteiger charge is -2.28. The Kier molecular flexibility index (Phi) is 4.37. The van der Waals surface area contributed by atoms with Gasteiger partial charge in [-0.15, -0.1) is 0 Å². The van der Waals surface area contributed by atoms with Crippen LogP contribution >= 0.6 is 0 Å². The largest absolute Gasteiger partial charge is 0.344 e. The van der Waals surface area contributed by atoms with Gasteiger partial charge in [0.2, 0.25) is 5.91 Å². The molecule has 1 aromatic heterocycles. The van der Waals surface area contributed by atoms with Gasteiger partial charge in [0.15, 0.2) is 0 Å². The number of amides is 2. The number of pyridine rings is 1. The molecule has 23 heavy (non-hydrogen) atoms. The summed E-state index contributed by atoms with van der Waals surface area (Å²) < 4.78 is 0. The van der Waals surface area contributed by atoms with Crippen LogP contribution in [0.2, 0.25) is 0 Å². The number of rotatable bonds is 4. The number of aromatic nitrogens is 1. The molecule has 1 aromatic carbocycles. The molecule has 5 heteroatoms. The molecule has 5 nitrogen and oxygen atoms in total. The van der Waals surface area contributed by atoms with Gasteiger partial charge in [-0.05, 0) is 35.7 Å². The summed E-state index contributed by atoms with van der Waals surface area (Å²) in [5, 5.41) is 2.81. The van der Waals surface area contributed by atoms with Crippen LogP contribution in [0.15, 0.2) is 48.8 Å². The number of hydrogen-bond donors (Lipinski definition) is 1. The Bertz CT molecular complexity index is 715. The van der Waals surface area contributed by atoms with Gasteiger partial charge in [-0.25, -0.2) is 0 Å². The van der Waals surface area contributed by atoms with E-state index < -0.39 is 6.04 Å². The van der Waals surface area contributed by atoms with Crippen LogP contribution in [0.5, 0.6) is 0 Å². The number of benzene rings is 1. The van der Waals surface area contributed by atoms with E-state index in [-0.39, 0.29) is 11.8 Å². The van der Waals surface area contributed by atoms with E-state index in [0.29, 0.717) is 18.5 Å². The van der Waals surface area contributed by atoms with Crippen molar-refractivity contribution >= 4 is 11.8 Å². The fourth-order valence-corrected chi connectivity index (χ4v) is 2.80. The molecule has 1 atom stereocenters. The highest BCUT2D eigenvalue weighted by atomic mass is 16.2. The van der Waals surface area contributed by atoms with Crippen molar-refractivity contribution in [2.45, 2.75) is 18.9 Å². The summed E-state index contributed by atoms with van der Waals surface area (Å²) in [6, 6.07) is 10.8. The second kappa shape index (κ2) is 6.60. The highest BCUT2D eigenvalue weighted by molar-refractivity contribution is 6.00. The van der Waals surface area contributed by atoms with Crippen LogP contribution in [-0.2, 0) is 17.6 Å². The van der Waals surface area contributed by atoms with Gasteiger partial charge in [0, 0.05) is 38.0 Å². The van der Waals surface area contributed by atoms with Crippen molar-refractivity contribution in [3.05, 3.63) is 65.5 Å². The zero-order valence-corrected chi connectivity index (χ0v) is 13.0. The molecule has 0 spiro atoms. The summed E-state index contributed by atoms with van der Waals surface area (Å²) in [5.41, 5.74) is 2.73. The maximum Gasteiger partial charge on any atom is 0.252 e. The Hall–Kier alpha value is -2.69. The number of fused-ring (bicyclic) bond motifs is 1. The number of carbonyl (C=O) groups is 2. The molecule has 0 fully saturated rings. The van der Waals surface area contributed by atoms with Crippen LogP contribution in [0.4, 0.5) is 0 Å². The summed E-state index contributed by atoms with van der Waals surface area (Å²) >= 11 is 0. The molecule has 0 bridgehead atoms. The Morgan fingerprint density at radius 1 is 1.26 bits per heavy atom. The molecule has 0 saturated carbocycles. The molecule has 0 aliphatic carbocycles. The molecule has 1 aliphatic rings. The molecule has 1 N–H and O–H groups in total. The zero-order valence-electron chi connectivity index (χ0n) is 13.0. The first kappa shape index (κ1) is 15.2. The van der Waals surface area contributed by atoms with Crippen molar-refractivity contribution in [3.8, 4) is 0 Å². The molecule has 2 aromatic rings. The first-order chi connectivity index (χ1) is 11.1. The molecule has 0 radical (unpaired) electrons. The molecule has 2 heterocycles. The van der Waals surface area contributed by atoms with Gasteiger partial charge in [0.25, 0.3) is 5.91 Å². The molecule has 3 rings (SSSR count). The Balaban J connectivity index is 1.63. The van der Waals surface area contributed by atoms with Crippen LogP contribution in [-0.4, -0.2) is 41.3 Å². The smallest absolute Gasteiger partial charge is 0.252 e. The quantitative estimate of drug-likeness (QED) is 0.929. The Morgan fingerprint density at radius 2 is 2.00 bits per heavy atom. The normalized spacial score (nSPS) is 16.4. The lowest BCUT2D eigenvalue weighted by molar-refractivity contribution is -0.132. The molecule has 0 saturated heterocycles. The highest BCUT2D eigenvalue weighted by Crippen LogP contribution is 2.17. The van der Waals surface area contributed by atoms with E-state index in [4.69, 9.17) is 0 Å². The van der Waals surface area contributed by atoms with Gasteiger partial charge in [-0.1, -0.05) is 18.2 Å². The first-order valence-electron chi connectivity index (χ1n) is 7.68. The summed E-state index contributed by atoms with van der Waals surface area (Å²) in [6.45, 7) is 0.608. The summed E-state index contributed by atoms with van der Waals surface area (Å²) in [6.07, 6.45) is 4.80. The van der Waals surface area contributed by atoms with E-state index in [1.807, 2.05) is 30.3 Å². The maximum absolute atomic E-state index is 12.6. The van der Waals surface area contributed by atoms with Gasteiger partial charge in [-0.2, -0.15) is 0 Å². The monoisotopic (exact) mass is 309 g/mol. The van der Waals surface area contributed by atoms with Crippen molar-refractivity contribution in [1.82, 2.24) is 15.2 Å². The summed E-state index contributed by atoms with van der Waals surface area (Å²) in [4.78, 5) is 30.3. The third-order valence-corrected chi connectivity index (χ3v) is 4.15. The highest BCUT2D eigenvalue weighted by Gasteiger charge is 2.30. The minimum absolute atomic E-state index is 0.0538. The van der Waals surface area contributed by atoms with Gasteiger partial charge in [0.05, 0.1) is 0 Å². The summed E-state index contributed by atoms with van der Waals surface area (Å²) in [5.74, 6) is -0.227. The Labute approximate surface area is 135 Å². The van der Waals surface area contributed by atoms with E-state index in [1.54, 1.807) is 30.4 Å². The number of hydrogen-bond acceptors (Lipinski definition) is 3. The summed E-state index contributed by atoms with van der Waals surface area (Å²) in [7, 11) is 1.77. The topological polar surface area (TPSA) is 62.3 Å². The van der Waals surface area contributed by atoms with Crippen LogP contribution in [0.25, 0.3) is 0 Å². The van der Waals surface area contributed by atoms with Gasteiger partial charge >= 0.3 is 0 Å². The second-order valence-electron chi connectivity index (χ2n) is 5.75. The third-order valence-electron chi connectivity index (χ3n) is 4.15. The van der Waals surface area contributed by atoms with E-state index in [0.717, 1.165) is 17.5 Å². The zero-order chi connectivity index (χ0) is 16.2. The van der Waals surface area contributed by atoms with E-state index >= 15 is 0 Å². The fraction of sp³-hybridized carbons (Fsp3) is 0.278. The van der Waals surface area contributed by atoms with Crippen molar-refractivity contribution in [3.63, 3.8) is 0 Å². The minimum Gasteiger partial charge on any atom is -0.344 e. The van der Waals surface area contributed by atoms with Gasteiger partial charge < -0.3 is 10.2 Å². The predicted molar refractivity (Wildman–Crippen MR) is 87.0 cm³/mol. The van der Waals surface area contributed by atoms with Crippen LogP contribution in [0, 0.1) is 0 Å². The van der Waals surface area contributed by atoms with Crippen LogP contribution in [0.1, 0.15) is 21.5 Å². The van der Waals surface area contributed by atoms with Gasteiger partial charge in [0.1, 0.15) is 6.04 Å². The minimum atomic E-state index is -0.486. The van der Waals surface area contributed by atoms with E-state index in [1.165, 1.54) is 0 Å². The van der Waals surface area contributed by atoms with Gasteiger partial charge in [-0.3, -0.25) is 14.6 Å². The molecular formula is C18H19N3O2. The van der Waals surface area contributed by atoms with Crippen molar-refractivity contribution in [1.29, 1.82) is 0 Å². The molecule has 1 aliphatic heterocycles. The molecule has 118 valence electrons. The lowest BCUT2D eigenvalue weighted by Crippen LogP contribution is -2.51. The SMILES string of the molecule is CN(CCc1ccncc1)C(=O)C1Cc2ccccc2C(=O)N1. The van der Waals surface area contributed by atoms with Crippen LogP contribution in [0.3, 0.4) is 0 Å². The number of nitrogens with one attached hydrogen (secondary N) is 1. The molecular weight excluding hydrogens is 290 g/mol. The second-order valence-corrected chi connectivity index (χ2v) is 5.75. The number of nitrogens with zero attached hydrogens (tertiary/aromatic N) is 2. The average molecular weight is 309 g/mol. The van der Waals surface area contributed by atoms with Crippen LogP contribution < -0.4 is 5.32 Å². The first-order valence-corrected chi connectivity index (χ1v) is 7.68. The molecule has 2 amide bonds. The average Bonchev–Trinajstić information content (AvgIpc) is 2.60. The standard InChI is InChI=1S/C18H19N3O2/c1-21(11-8-13-6-9-19-10-7-13)18(23)16-12-14-4-2-3-5-15(14)17(22)20-16/h2-7,9-10,16H,8,11-12H2,1H3,(H,20,22). The fourth-order valence-electron chi connectivity index (χ4n) is 2.80.